The van der Waals surface area contributed by atoms with Gasteiger partial charge in [-0.25, -0.2) is 0 Å². The molecule has 0 aromatic carbocycles. The zero-order valence-corrected chi connectivity index (χ0v) is 35.8. The van der Waals surface area contributed by atoms with Crippen LogP contribution < -0.4 is 5.32 Å². The second kappa shape index (κ2) is 45.0. The van der Waals surface area contributed by atoms with E-state index in [0.717, 1.165) is 25.7 Å². The summed E-state index contributed by atoms with van der Waals surface area (Å²) in [6, 6.07) is -0.623. The molecule has 0 saturated heterocycles. The van der Waals surface area contributed by atoms with Gasteiger partial charge < -0.3 is 15.5 Å². The minimum absolute atomic E-state index is 0.0663. The molecule has 1 amide bonds. The lowest BCUT2D eigenvalue weighted by molar-refractivity contribution is -0.123. The molecule has 4 nitrogen and oxygen atoms in total. The van der Waals surface area contributed by atoms with Crippen LogP contribution in [0.15, 0.2) is 36.5 Å². The molecule has 53 heavy (non-hydrogen) atoms. The van der Waals surface area contributed by atoms with Crippen molar-refractivity contribution in [2.75, 3.05) is 6.61 Å². The van der Waals surface area contributed by atoms with Crippen molar-refractivity contribution in [1.82, 2.24) is 5.32 Å². The smallest absolute Gasteiger partial charge is 0.220 e. The van der Waals surface area contributed by atoms with Crippen LogP contribution in [0.1, 0.15) is 251 Å². The van der Waals surface area contributed by atoms with Crippen LogP contribution in [0.5, 0.6) is 0 Å². The molecular formula is C49H93NO3. The van der Waals surface area contributed by atoms with E-state index in [9.17, 15) is 15.0 Å². The molecule has 0 fully saturated rings. The van der Waals surface area contributed by atoms with E-state index in [-0.39, 0.29) is 12.5 Å². The fourth-order valence-electron chi connectivity index (χ4n) is 7.23. The van der Waals surface area contributed by atoms with Gasteiger partial charge in [-0.15, -0.1) is 0 Å². The van der Waals surface area contributed by atoms with Crippen molar-refractivity contribution in [2.45, 2.75) is 264 Å². The number of rotatable bonds is 43. The van der Waals surface area contributed by atoms with Crippen LogP contribution in [0.3, 0.4) is 0 Å². The first kappa shape index (κ1) is 51.6. The van der Waals surface area contributed by atoms with Crippen LogP contribution in [0.4, 0.5) is 0 Å². The molecule has 0 aliphatic heterocycles. The molecule has 2 atom stereocenters. The normalized spacial score (nSPS) is 13.2. The van der Waals surface area contributed by atoms with Gasteiger partial charge in [0.1, 0.15) is 0 Å². The van der Waals surface area contributed by atoms with Gasteiger partial charge in [-0.3, -0.25) is 4.79 Å². The number of carbonyl (C=O) groups excluding carboxylic acids is 1. The highest BCUT2D eigenvalue weighted by Gasteiger charge is 2.17. The third-order valence-corrected chi connectivity index (χ3v) is 10.9. The predicted molar refractivity (Wildman–Crippen MR) is 235 cm³/mol. The van der Waals surface area contributed by atoms with Crippen molar-refractivity contribution in [3.63, 3.8) is 0 Å². The van der Waals surface area contributed by atoms with E-state index in [0.29, 0.717) is 6.42 Å². The van der Waals surface area contributed by atoms with Crippen LogP contribution in [0.2, 0.25) is 0 Å². The minimum Gasteiger partial charge on any atom is -0.394 e. The number of unbranched alkanes of at least 4 members (excludes halogenated alkanes) is 33. The molecule has 0 heterocycles. The first-order chi connectivity index (χ1) is 26.2. The number of amides is 1. The van der Waals surface area contributed by atoms with Gasteiger partial charge in [0.05, 0.1) is 18.8 Å². The highest BCUT2D eigenvalue weighted by Crippen LogP contribution is 2.16. The summed E-state index contributed by atoms with van der Waals surface area (Å²) in [6.07, 6.45) is 59.7. The molecule has 0 aromatic heterocycles. The van der Waals surface area contributed by atoms with E-state index in [1.165, 1.54) is 205 Å². The van der Waals surface area contributed by atoms with E-state index in [4.69, 9.17) is 0 Å². The number of hydrogen-bond donors (Lipinski definition) is 3. The molecule has 0 aliphatic carbocycles. The maximum Gasteiger partial charge on any atom is 0.220 e. The van der Waals surface area contributed by atoms with E-state index >= 15 is 0 Å². The summed E-state index contributed by atoms with van der Waals surface area (Å²) < 4.78 is 0. The molecule has 4 heteroatoms. The average Bonchev–Trinajstić information content (AvgIpc) is 3.16. The van der Waals surface area contributed by atoms with Gasteiger partial charge >= 0.3 is 0 Å². The summed E-state index contributed by atoms with van der Waals surface area (Å²) in [5, 5.41) is 23.1. The van der Waals surface area contributed by atoms with Gasteiger partial charge in [-0.05, 0) is 44.9 Å². The van der Waals surface area contributed by atoms with Gasteiger partial charge in [0.15, 0.2) is 0 Å². The van der Waals surface area contributed by atoms with E-state index in [1.54, 1.807) is 6.08 Å². The third-order valence-electron chi connectivity index (χ3n) is 10.9. The van der Waals surface area contributed by atoms with Crippen molar-refractivity contribution in [1.29, 1.82) is 0 Å². The van der Waals surface area contributed by atoms with Gasteiger partial charge in [0.2, 0.25) is 5.91 Å². The Morgan fingerprint density at radius 2 is 0.755 bits per heavy atom. The Morgan fingerprint density at radius 1 is 0.453 bits per heavy atom. The topological polar surface area (TPSA) is 69.6 Å². The van der Waals surface area contributed by atoms with E-state index < -0.39 is 12.1 Å². The molecule has 0 aliphatic rings. The van der Waals surface area contributed by atoms with Crippen LogP contribution >= 0.6 is 0 Å². The Bertz CT molecular complexity index is 806. The summed E-state index contributed by atoms with van der Waals surface area (Å²) in [7, 11) is 0. The zero-order valence-electron chi connectivity index (χ0n) is 35.8. The fourth-order valence-corrected chi connectivity index (χ4v) is 7.23. The molecule has 2 unspecified atom stereocenters. The van der Waals surface area contributed by atoms with E-state index in [1.807, 2.05) is 6.08 Å². The number of hydrogen-bond acceptors (Lipinski definition) is 3. The fraction of sp³-hybridized carbons (Fsp3) is 0.857. The molecule has 0 rings (SSSR count). The summed E-state index contributed by atoms with van der Waals surface area (Å²) >= 11 is 0. The van der Waals surface area contributed by atoms with Gasteiger partial charge in [-0.1, -0.05) is 237 Å². The van der Waals surface area contributed by atoms with Crippen molar-refractivity contribution in [3.8, 4) is 0 Å². The number of carbonyl (C=O) groups is 1. The molecule has 0 radical (unpaired) electrons. The van der Waals surface area contributed by atoms with Crippen molar-refractivity contribution < 1.29 is 15.0 Å². The largest absolute Gasteiger partial charge is 0.394 e. The highest BCUT2D eigenvalue weighted by molar-refractivity contribution is 5.76. The minimum atomic E-state index is -0.840. The quantitative estimate of drug-likeness (QED) is 0.0331. The lowest BCUT2D eigenvalue weighted by Crippen LogP contribution is -2.45. The number of allylic oxidation sites excluding steroid dienone is 5. The Balaban J connectivity index is 3.54. The zero-order chi connectivity index (χ0) is 38.6. The van der Waals surface area contributed by atoms with Gasteiger partial charge in [-0.2, -0.15) is 0 Å². The van der Waals surface area contributed by atoms with Crippen molar-refractivity contribution >= 4 is 5.91 Å². The average molecular weight is 744 g/mol. The molecule has 0 saturated carbocycles. The Hall–Kier alpha value is -1.39. The third kappa shape index (κ3) is 41.6. The van der Waals surface area contributed by atoms with Crippen molar-refractivity contribution in [3.05, 3.63) is 36.5 Å². The lowest BCUT2D eigenvalue weighted by Gasteiger charge is -2.20. The molecular weight excluding hydrogens is 651 g/mol. The number of aliphatic hydroxyl groups excluding tert-OH is 2. The Kier molecular flexibility index (Phi) is 43.8. The summed E-state index contributed by atoms with van der Waals surface area (Å²) in [5.74, 6) is -0.0663. The molecule has 0 spiro atoms. The van der Waals surface area contributed by atoms with Gasteiger partial charge in [0, 0.05) is 6.42 Å². The Labute approximate surface area is 331 Å². The summed E-state index contributed by atoms with van der Waals surface area (Å²) in [4.78, 5) is 12.4. The molecule has 0 aromatic rings. The highest BCUT2D eigenvalue weighted by atomic mass is 16.3. The Morgan fingerprint density at radius 3 is 1.13 bits per heavy atom. The first-order valence-electron chi connectivity index (χ1n) is 23.7. The maximum absolute atomic E-state index is 12.4. The van der Waals surface area contributed by atoms with Crippen LogP contribution in [-0.2, 0) is 4.79 Å². The second-order valence-corrected chi connectivity index (χ2v) is 16.2. The van der Waals surface area contributed by atoms with Gasteiger partial charge in [0.25, 0.3) is 0 Å². The summed E-state index contributed by atoms with van der Waals surface area (Å²) in [5.41, 5.74) is 0. The standard InChI is InChI=1S/C49H93NO3/c1-3-5-7-9-11-13-15-17-19-21-23-24-25-27-28-30-32-34-36-38-40-42-44-48(52)47(46-51)50-49(53)45-43-41-39-37-35-33-31-29-26-22-20-18-16-14-12-10-8-6-4-2/h12,14,16,18,42,44,47-48,51-52H,3-11,13,15,17,19-41,43,45-46H2,1-2H3,(H,50,53)/b14-12-,18-16-,44-42+. The number of aliphatic hydroxyl groups is 2. The monoisotopic (exact) mass is 744 g/mol. The predicted octanol–water partition coefficient (Wildman–Crippen LogP) is 15.0. The van der Waals surface area contributed by atoms with Crippen LogP contribution in [0, 0.1) is 0 Å². The van der Waals surface area contributed by atoms with Crippen molar-refractivity contribution in [2.24, 2.45) is 0 Å². The molecule has 3 N–H and O–H groups in total. The lowest BCUT2D eigenvalue weighted by atomic mass is 10.0. The molecule has 0 bridgehead atoms. The van der Waals surface area contributed by atoms with Crippen LogP contribution in [0.25, 0.3) is 0 Å². The summed E-state index contributed by atoms with van der Waals surface area (Å²) in [6.45, 7) is 4.30. The maximum atomic E-state index is 12.4. The SMILES string of the molecule is CCCCC/C=C\C=C/CCCCCCCCCCCCC(=O)NC(CO)C(O)/C=C/CCCCCCCCCCCCCCCCCCCCCC. The molecule has 312 valence electrons. The first-order valence-corrected chi connectivity index (χ1v) is 23.7. The van der Waals surface area contributed by atoms with Crippen LogP contribution in [-0.4, -0.2) is 34.9 Å². The van der Waals surface area contributed by atoms with E-state index in [2.05, 4.69) is 43.5 Å². The number of nitrogens with one attached hydrogen (secondary N) is 1. The second-order valence-electron chi connectivity index (χ2n) is 16.2.